The van der Waals surface area contributed by atoms with Crippen molar-refractivity contribution >= 4 is 55.4 Å². The number of nitrogens with one attached hydrogen (secondary N) is 2. The molecule has 2 amide bonds. The Kier molecular flexibility index (Phi) is 14.4. The molecule has 0 heterocycles. The predicted molar refractivity (Wildman–Crippen MR) is 108 cm³/mol. The summed E-state index contributed by atoms with van der Waals surface area (Å²) >= 11 is 8.24. The molecule has 0 spiro atoms. The van der Waals surface area contributed by atoms with Gasteiger partial charge in [-0.3, -0.25) is 9.59 Å². The SMILES string of the molecule is COC(=O)[C@H](CCCCN)NC(=O)[C@H](CS)NC(=O)C(C)(C)CS.Cl. The summed E-state index contributed by atoms with van der Waals surface area (Å²) in [6.45, 7) is 3.97. The number of carbonyl (C=O) groups is 3. The zero-order chi connectivity index (χ0) is 18.8. The number of thiol groups is 2. The van der Waals surface area contributed by atoms with Gasteiger partial charge in [-0.1, -0.05) is 13.8 Å². The Morgan fingerprint density at radius 2 is 1.72 bits per heavy atom. The standard InChI is InChI=1S/C15H29N3O4S2.ClH/c1-15(2,9-24)14(21)18-11(8-23)12(19)17-10(13(20)22-3)6-4-5-7-16;/h10-11,23-24H,4-9,16H2,1-3H3,(H,17,19)(H,18,21);1H/t10-,11-;/m0./s1. The molecule has 25 heavy (non-hydrogen) atoms. The van der Waals surface area contributed by atoms with E-state index < -0.39 is 29.4 Å². The monoisotopic (exact) mass is 415 g/mol. The van der Waals surface area contributed by atoms with Crippen molar-refractivity contribution in [1.29, 1.82) is 0 Å². The first-order valence-electron chi connectivity index (χ1n) is 7.84. The Balaban J connectivity index is 0. The maximum atomic E-state index is 12.4. The average molecular weight is 416 g/mol. The van der Waals surface area contributed by atoms with Crippen LogP contribution in [0.1, 0.15) is 33.1 Å². The molecule has 0 saturated carbocycles. The van der Waals surface area contributed by atoms with Crippen molar-refractivity contribution in [2.75, 3.05) is 25.2 Å². The highest BCUT2D eigenvalue weighted by atomic mass is 35.5. The third kappa shape index (κ3) is 9.58. The predicted octanol–water partition coefficient (Wildman–Crippen LogP) is 0.566. The molecule has 0 rings (SSSR count). The third-order valence-corrected chi connectivity index (χ3v) is 4.72. The summed E-state index contributed by atoms with van der Waals surface area (Å²) in [6, 6.07) is -1.62. The molecule has 0 saturated heterocycles. The van der Waals surface area contributed by atoms with Crippen LogP contribution in [0.25, 0.3) is 0 Å². The molecular formula is C15H30ClN3O4S2. The highest BCUT2D eigenvalue weighted by Crippen LogP contribution is 2.17. The van der Waals surface area contributed by atoms with Gasteiger partial charge in [0, 0.05) is 11.5 Å². The van der Waals surface area contributed by atoms with Gasteiger partial charge in [-0.2, -0.15) is 25.3 Å². The first-order chi connectivity index (χ1) is 11.2. The molecule has 4 N–H and O–H groups in total. The van der Waals surface area contributed by atoms with E-state index in [1.54, 1.807) is 13.8 Å². The number of carbonyl (C=O) groups excluding carboxylic acids is 3. The zero-order valence-electron chi connectivity index (χ0n) is 14.9. The molecule has 10 heteroatoms. The largest absolute Gasteiger partial charge is 0.467 e. The van der Waals surface area contributed by atoms with Crippen LogP contribution in [-0.4, -0.2) is 55.0 Å². The molecule has 0 aliphatic heterocycles. The number of rotatable bonds is 11. The Morgan fingerprint density at radius 1 is 1.12 bits per heavy atom. The second-order valence-corrected chi connectivity index (χ2v) is 6.80. The number of hydrogen-bond donors (Lipinski definition) is 5. The summed E-state index contributed by atoms with van der Waals surface area (Å²) in [6.07, 6.45) is 1.85. The Labute approximate surface area is 166 Å². The lowest BCUT2D eigenvalue weighted by Crippen LogP contribution is -2.55. The van der Waals surface area contributed by atoms with Crippen molar-refractivity contribution in [2.24, 2.45) is 11.1 Å². The zero-order valence-corrected chi connectivity index (χ0v) is 17.5. The van der Waals surface area contributed by atoms with Crippen LogP contribution in [0.15, 0.2) is 0 Å². The number of methoxy groups -OCH3 is 1. The quantitative estimate of drug-likeness (QED) is 0.192. The van der Waals surface area contributed by atoms with Crippen molar-refractivity contribution in [3.8, 4) is 0 Å². The molecule has 0 aliphatic carbocycles. The van der Waals surface area contributed by atoms with Gasteiger partial charge in [0.1, 0.15) is 12.1 Å². The third-order valence-electron chi connectivity index (χ3n) is 3.56. The van der Waals surface area contributed by atoms with E-state index in [1.165, 1.54) is 7.11 Å². The summed E-state index contributed by atoms with van der Waals surface area (Å²) in [7, 11) is 1.26. The van der Waals surface area contributed by atoms with Gasteiger partial charge in [0.15, 0.2) is 0 Å². The first kappa shape index (κ1) is 26.6. The molecule has 2 atom stereocenters. The van der Waals surface area contributed by atoms with E-state index in [9.17, 15) is 14.4 Å². The van der Waals surface area contributed by atoms with Crippen LogP contribution in [0.5, 0.6) is 0 Å². The van der Waals surface area contributed by atoms with E-state index in [4.69, 9.17) is 10.5 Å². The number of halogens is 1. The molecule has 0 aromatic carbocycles. The summed E-state index contributed by atoms with van der Waals surface area (Å²) in [5, 5.41) is 5.25. The molecule has 0 fully saturated rings. The minimum atomic E-state index is -0.846. The van der Waals surface area contributed by atoms with Gasteiger partial charge in [-0.15, -0.1) is 12.4 Å². The second-order valence-electron chi connectivity index (χ2n) is 6.12. The van der Waals surface area contributed by atoms with Gasteiger partial charge in [-0.25, -0.2) is 4.79 Å². The van der Waals surface area contributed by atoms with Gasteiger partial charge >= 0.3 is 5.97 Å². The fourth-order valence-electron chi connectivity index (χ4n) is 1.78. The Bertz CT molecular complexity index is 439. The van der Waals surface area contributed by atoms with E-state index in [0.717, 1.165) is 6.42 Å². The molecule has 0 aromatic heterocycles. The molecule has 0 radical (unpaired) electrons. The van der Waals surface area contributed by atoms with E-state index in [-0.39, 0.29) is 24.1 Å². The Morgan fingerprint density at radius 3 is 2.16 bits per heavy atom. The molecule has 0 bridgehead atoms. The smallest absolute Gasteiger partial charge is 0.328 e. The number of unbranched alkanes of at least 4 members (excludes halogenated alkanes) is 1. The maximum absolute atomic E-state index is 12.4. The van der Waals surface area contributed by atoms with Crippen LogP contribution in [0, 0.1) is 5.41 Å². The fraction of sp³-hybridized carbons (Fsp3) is 0.800. The fourth-order valence-corrected chi connectivity index (χ4v) is 2.18. The summed E-state index contributed by atoms with van der Waals surface area (Å²) in [5.41, 5.74) is 4.72. The van der Waals surface area contributed by atoms with Gasteiger partial charge < -0.3 is 21.1 Å². The summed E-state index contributed by atoms with van der Waals surface area (Å²) < 4.78 is 4.71. The minimum Gasteiger partial charge on any atom is -0.467 e. The van der Waals surface area contributed by atoms with E-state index in [1.807, 2.05) is 0 Å². The van der Waals surface area contributed by atoms with Crippen LogP contribution in [0.3, 0.4) is 0 Å². The molecular weight excluding hydrogens is 386 g/mol. The highest BCUT2D eigenvalue weighted by molar-refractivity contribution is 7.80. The topological polar surface area (TPSA) is 111 Å². The van der Waals surface area contributed by atoms with Gasteiger partial charge in [0.05, 0.1) is 12.5 Å². The molecule has 0 unspecified atom stereocenters. The summed E-state index contributed by atoms with van der Waals surface area (Å²) in [4.78, 5) is 36.3. The van der Waals surface area contributed by atoms with Crippen LogP contribution < -0.4 is 16.4 Å². The molecule has 7 nitrogen and oxygen atoms in total. The summed E-state index contributed by atoms with van der Waals surface area (Å²) in [5.74, 6) is -0.859. The molecule has 148 valence electrons. The highest BCUT2D eigenvalue weighted by Gasteiger charge is 2.31. The number of hydrogen-bond acceptors (Lipinski definition) is 7. The number of esters is 1. The van der Waals surface area contributed by atoms with Crippen molar-refractivity contribution in [3.63, 3.8) is 0 Å². The lowest BCUT2D eigenvalue weighted by Gasteiger charge is -2.26. The number of ether oxygens (including phenoxy) is 1. The van der Waals surface area contributed by atoms with Crippen molar-refractivity contribution < 1.29 is 19.1 Å². The van der Waals surface area contributed by atoms with Crippen molar-refractivity contribution in [3.05, 3.63) is 0 Å². The molecule has 0 aromatic rings. The van der Waals surface area contributed by atoms with Crippen LogP contribution in [-0.2, 0) is 19.1 Å². The lowest BCUT2D eigenvalue weighted by molar-refractivity contribution is -0.145. The van der Waals surface area contributed by atoms with Gasteiger partial charge in [-0.05, 0) is 25.8 Å². The maximum Gasteiger partial charge on any atom is 0.328 e. The average Bonchev–Trinajstić information content (AvgIpc) is 2.57. The van der Waals surface area contributed by atoms with Gasteiger partial charge in [0.25, 0.3) is 0 Å². The number of nitrogens with two attached hydrogens (primary N) is 1. The van der Waals surface area contributed by atoms with Gasteiger partial charge in [0.2, 0.25) is 11.8 Å². The van der Waals surface area contributed by atoms with Crippen LogP contribution >= 0.6 is 37.7 Å². The normalized spacial score (nSPS) is 13.2. The van der Waals surface area contributed by atoms with E-state index >= 15 is 0 Å². The second kappa shape index (κ2) is 13.5. The van der Waals surface area contributed by atoms with Crippen LogP contribution in [0.2, 0.25) is 0 Å². The number of amides is 2. The van der Waals surface area contributed by atoms with Crippen molar-refractivity contribution in [2.45, 2.75) is 45.2 Å². The van der Waals surface area contributed by atoms with Crippen LogP contribution in [0.4, 0.5) is 0 Å². The van der Waals surface area contributed by atoms with Crippen molar-refractivity contribution in [1.82, 2.24) is 10.6 Å². The first-order valence-corrected chi connectivity index (χ1v) is 9.11. The Hall–Kier alpha value is -0.640. The van der Waals surface area contributed by atoms with E-state index in [0.29, 0.717) is 25.1 Å². The lowest BCUT2D eigenvalue weighted by atomic mass is 9.95. The molecule has 0 aliphatic rings. The van der Waals surface area contributed by atoms with E-state index in [2.05, 4.69) is 35.9 Å². The minimum absolute atomic E-state index is 0.